The molecule has 1 amide bonds. The Labute approximate surface area is 89.3 Å². The van der Waals surface area contributed by atoms with Gasteiger partial charge in [-0.25, -0.2) is 0 Å². The van der Waals surface area contributed by atoms with E-state index in [4.69, 9.17) is 4.74 Å². The molecule has 0 N–H and O–H groups in total. The van der Waals surface area contributed by atoms with Gasteiger partial charge in [-0.2, -0.15) is 0 Å². The standard InChI is InChI=1S/C10H17NO4/c1-10(2,9(13)14-3)8(12)11-4-6-15-7-5-11/h4-7H2,1-3H3. The molecule has 0 aromatic rings. The average molecular weight is 215 g/mol. The summed E-state index contributed by atoms with van der Waals surface area (Å²) >= 11 is 0. The molecule has 1 heterocycles. The second-order valence-electron chi connectivity index (χ2n) is 4.02. The lowest BCUT2D eigenvalue weighted by molar-refractivity contribution is -0.162. The Morgan fingerprint density at radius 2 is 1.80 bits per heavy atom. The molecule has 0 aliphatic carbocycles. The molecule has 0 aromatic carbocycles. The van der Waals surface area contributed by atoms with Crippen LogP contribution in [0.25, 0.3) is 0 Å². The number of ether oxygens (including phenoxy) is 2. The molecule has 0 bridgehead atoms. The maximum absolute atomic E-state index is 12.0. The highest BCUT2D eigenvalue weighted by Gasteiger charge is 2.40. The van der Waals surface area contributed by atoms with Crippen molar-refractivity contribution in [2.24, 2.45) is 5.41 Å². The first-order chi connectivity index (χ1) is 7.00. The second kappa shape index (κ2) is 4.61. The van der Waals surface area contributed by atoms with E-state index in [9.17, 15) is 9.59 Å². The summed E-state index contributed by atoms with van der Waals surface area (Å²) < 4.78 is 9.75. The van der Waals surface area contributed by atoms with Crippen LogP contribution in [0.1, 0.15) is 13.8 Å². The fourth-order valence-corrected chi connectivity index (χ4v) is 1.50. The number of hydrogen-bond acceptors (Lipinski definition) is 4. The van der Waals surface area contributed by atoms with Crippen LogP contribution in [-0.2, 0) is 19.1 Å². The molecule has 0 aromatic heterocycles. The summed E-state index contributed by atoms with van der Waals surface area (Å²) in [6.45, 7) is 5.30. The number of carbonyl (C=O) groups is 2. The van der Waals surface area contributed by atoms with E-state index in [1.165, 1.54) is 7.11 Å². The number of morpholine rings is 1. The summed E-state index contributed by atoms with van der Waals surface area (Å²) in [6, 6.07) is 0. The fourth-order valence-electron chi connectivity index (χ4n) is 1.50. The smallest absolute Gasteiger partial charge is 0.320 e. The first-order valence-corrected chi connectivity index (χ1v) is 4.95. The fraction of sp³-hybridized carbons (Fsp3) is 0.800. The van der Waals surface area contributed by atoms with Crippen molar-refractivity contribution in [3.63, 3.8) is 0 Å². The monoisotopic (exact) mass is 215 g/mol. The zero-order valence-electron chi connectivity index (χ0n) is 9.41. The van der Waals surface area contributed by atoms with Gasteiger partial charge in [-0.05, 0) is 13.8 Å². The number of nitrogens with zero attached hydrogens (tertiary/aromatic N) is 1. The molecule has 1 saturated heterocycles. The molecule has 86 valence electrons. The minimum absolute atomic E-state index is 0.197. The molecular formula is C10H17NO4. The van der Waals surface area contributed by atoms with Crippen LogP contribution in [0.4, 0.5) is 0 Å². The van der Waals surface area contributed by atoms with E-state index in [0.29, 0.717) is 26.3 Å². The summed E-state index contributed by atoms with van der Waals surface area (Å²) in [5.74, 6) is -0.698. The van der Waals surface area contributed by atoms with Crippen LogP contribution in [0.5, 0.6) is 0 Å². The van der Waals surface area contributed by atoms with Gasteiger partial charge in [-0.3, -0.25) is 9.59 Å². The Morgan fingerprint density at radius 3 is 2.27 bits per heavy atom. The number of rotatable bonds is 2. The molecule has 0 spiro atoms. The third kappa shape index (κ3) is 2.47. The number of hydrogen-bond donors (Lipinski definition) is 0. The van der Waals surface area contributed by atoms with E-state index < -0.39 is 11.4 Å². The van der Waals surface area contributed by atoms with Gasteiger partial charge in [0.2, 0.25) is 5.91 Å². The Balaban J connectivity index is 2.69. The van der Waals surface area contributed by atoms with Gasteiger partial charge in [0.15, 0.2) is 0 Å². The second-order valence-corrected chi connectivity index (χ2v) is 4.02. The quantitative estimate of drug-likeness (QED) is 0.482. The van der Waals surface area contributed by atoms with Gasteiger partial charge in [0.1, 0.15) is 5.41 Å². The van der Waals surface area contributed by atoms with Gasteiger partial charge in [-0.1, -0.05) is 0 Å². The topological polar surface area (TPSA) is 55.8 Å². The number of methoxy groups -OCH3 is 1. The van der Waals surface area contributed by atoms with Gasteiger partial charge < -0.3 is 14.4 Å². The van der Waals surface area contributed by atoms with E-state index in [2.05, 4.69) is 4.74 Å². The van der Waals surface area contributed by atoms with E-state index >= 15 is 0 Å². The number of esters is 1. The average Bonchev–Trinajstić information content (AvgIpc) is 2.28. The summed E-state index contributed by atoms with van der Waals surface area (Å²) in [7, 11) is 1.29. The Hall–Kier alpha value is -1.10. The van der Waals surface area contributed by atoms with Gasteiger partial charge in [-0.15, -0.1) is 0 Å². The molecule has 0 saturated carbocycles. The molecule has 1 aliphatic heterocycles. The molecule has 15 heavy (non-hydrogen) atoms. The molecule has 5 heteroatoms. The summed E-state index contributed by atoms with van der Waals surface area (Å²) in [5, 5.41) is 0. The lowest BCUT2D eigenvalue weighted by atomic mass is 9.91. The van der Waals surface area contributed by atoms with Crippen LogP contribution in [0, 0.1) is 5.41 Å². The predicted molar refractivity (Wildman–Crippen MR) is 53.2 cm³/mol. The Bertz CT molecular complexity index is 256. The highest BCUT2D eigenvalue weighted by molar-refractivity contribution is 6.01. The van der Waals surface area contributed by atoms with Crippen molar-refractivity contribution in [2.45, 2.75) is 13.8 Å². The van der Waals surface area contributed by atoms with Crippen LogP contribution in [0.15, 0.2) is 0 Å². The van der Waals surface area contributed by atoms with Crippen LogP contribution >= 0.6 is 0 Å². The largest absolute Gasteiger partial charge is 0.468 e. The van der Waals surface area contributed by atoms with Crippen molar-refractivity contribution in [1.82, 2.24) is 4.90 Å². The van der Waals surface area contributed by atoms with Crippen molar-refractivity contribution in [3.05, 3.63) is 0 Å². The lowest BCUT2D eigenvalue weighted by Crippen LogP contribution is -2.49. The van der Waals surface area contributed by atoms with Crippen LogP contribution < -0.4 is 0 Å². The van der Waals surface area contributed by atoms with Gasteiger partial charge in [0.25, 0.3) is 0 Å². The lowest BCUT2D eigenvalue weighted by Gasteiger charge is -2.32. The molecule has 0 radical (unpaired) electrons. The van der Waals surface area contributed by atoms with Crippen LogP contribution in [0.2, 0.25) is 0 Å². The van der Waals surface area contributed by atoms with Crippen molar-refractivity contribution in [3.8, 4) is 0 Å². The molecular weight excluding hydrogens is 198 g/mol. The van der Waals surface area contributed by atoms with Gasteiger partial charge in [0, 0.05) is 13.1 Å². The third-order valence-corrected chi connectivity index (χ3v) is 2.53. The maximum atomic E-state index is 12.0. The minimum atomic E-state index is -1.11. The highest BCUT2D eigenvalue weighted by Crippen LogP contribution is 2.21. The first-order valence-electron chi connectivity index (χ1n) is 4.95. The summed E-state index contributed by atoms with van der Waals surface area (Å²) in [6.07, 6.45) is 0. The van der Waals surface area contributed by atoms with Crippen molar-refractivity contribution < 1.29 is 19.1 Å². The van der Waals surface area contributed by atoms with E-state index in [1.54, 1.807) is 18.7 Å². The molecule has 1 rings (SSSR count). The molecule has 0 atom stereocenters. The third-order valence-electron chi connectivity index (χ3n) is 2.53. The Kier molecular flexibility index (Phi) is 3.68. The molecule has 1 fully saturated rings. The molecule has 5 nitrogen and oxygen atoms in total. The van der Waals surface area contributed by atoms with Gasteiger partial charge >= 0.3 is 5.97 Å². The van der Waals surface area contributed by atoms with Crippen molar-refractivity contribution in [2.75, 3.05) is 33.4 Å². The summed E-state index contributed by atoms with van der Waals surface area (Å²) in [4.78, 5) is 25.0. The number of carbonyl (C=O) groups excluding carboxylic acids is 2. The normalized spacial score (nSPS) is 17.4. The van der Waals surface area contributed by atoms with E-state index in [-0.39, 0.29) is 5.91 Å². The van der Waals surface area contributed by atoms with Crippen molar-refractivity contribution in [1.29, 1.82) is 0 Å². The predicted octanol–water partition coefficient (Wildman–Crippen LogP) is 0.0444. The maximum Gasteiger partial charge on any atom is 0.320 e. The van der Waals surface area contributed by atoms with Crippen molar-refractivity contribution >= 4 is 11.9 Å². The van der Waals surface area contributed by atoms with E-state index in [1.807, 2.05) is 0 Å². The van der Waals surface area contributed by atoms with E-state index in [0.717, 1.165) is 0 Å². The Morgan fingerprint density at radius 1 is 1.27 bits per heavy atom. The molecule has 1 aliphatic rings. The molecule has 0 unspecified atom stereocenters. The van der Waals surface area contributed by atoms with Crippen LogP contribution in [-0.4, -0.2) is 50.2 Å². The number of amides is 1. The minimum Gasteiger partial charge on any atom is -0.468 e. The highest BCUT2D eigenvalue weighted by atomic mass is 16.5. The zero-order chi connectivity index (χ0) is 11.5. The van der Waals surface area contributed by atoms with Gasteiger partial charge in [0.05, 0.1) is 20.3 Å². The van der Waals surface area contributed by atoms with Crippen LogP contribution in [0.3, 0.4) is 0 Å². The SMILES string of the molecule is COC(=O)C(C)(C)C(=O)N1CCOCC1. The first kappa shape index (κ1) is 12.0. The summed E-state index contributed by atoms with van der Waals surface area (Å²) in [5.41, 5.74) is -1.11. The zero-order valence-corrected chi connectivity index (χ0v) is 9.41.